The highest BCUT2D eigenvalue weighted by molar-refractivity contribution is 5.26. The maximum absolute atomic E-state index is 12.3. The van der Waals surface area contributed by atoms with Crippen molar-refractivity contribution in [2.75, 3.05) is 0 Å². The fourth-order valence-electron chi connectivity index (χ4n) is 1.30. The smallest absolute Gasteiger partial charge is 0.388 e. The average molecular weight is 230 g/mol. The Labute approximate surface area is 92.2 Å². The second-order valence-corrected chi connectivity index (χ2v) is 3.66. The third-order valence-electron chi connectivity index (χ3n) is 2.45. The van der Waals surface area contributed by atoms with Crippen LogP contribution in [0.1, 0.15) is 24.2 Å². The van der Waals surface area contributed by atoms with E-state index in [0.717, 1.165) is 12.1 Å². The largest absolute Gasteiger partial charge is 0.416 e. The van der Waals surface area contributed by atoms with Crippen LogP contribution in [0, 0.1) is 5.92 Å². The molecular formula is C12H13F3O. The van der Waals surface area contributed by atoms with Crippen molar-refractivity contribution in [2.24, 2.45) is 5.92 Å². The van der Waals surface area contributed by atoms with Gasteiger partial charge in [0.05, 0.1) is 11.7 Å². The summed E-state index contributed by atoms with van der Waals surface area (Å²) in [6.07, 6.45) is -3.60. The second kappa shape index (κ2) is 4.70. The van der Waals surface area contributed by atoms with Crippen molar-refractivity contribution in [3.05, 3.63) is 48.0 Å². The van der Waals surface area contributed by atoms with Gasteiger partial charge in [-0.2, -0.15) is 13.2 Å². The van der Waals surface area contributed by atoms with Gasteiger partial charge in [0.15, 0.2) is 0 Å². The number of rotatable bonds is 3. The lowest BCUT2D eigenvalue weighted by atomic mass is 9.97. The molecular weight excluding hydrogens is 217 g/mol. The van der Waals surface area contributed by atoms with E-state index in [1.54, 1.807) is 13.0 Å². The van der Waals surface area contributed by atoms with Crippen molar-refractivity contribution < 1.29 is 18.3 Å². The Bertz CT molecular complexity index is 354. The number of hydrogen-bond acceptors (Lipinski definition) is 1. The van der Waals surface area contributed by atoms with Crippen LogP contribution in [-0.2, 0) is 6.18 Å². The summed E-state index contributed by atoms with van der Waals surface area (Å²) in [5, 5.41) is 9.73. The van der Waals surface area contributed by atoms with Crippen molar-refractivity contribution >= 4 is 0 Å². The summed E-state index contributed by atoms with van der Waals surface area (Å²) in [6, 6.07) is 4.50. The summed E-state index contributed by atoms with van der Waals surface area (Å²) in [6.45, 7) is 5.27. The molecule has 1 aromatic rings. The highest BCUT2D eigenvalue weighted by Gasteiger charge is 2.30. The van der Waals surface area contributed by atoms with Gasteiger partial charge in [0.2, 0.25) is 0 Å². The molecule has 0 aromatic heterocycles. The first kappa shape index (κ1) is 12.8. The quantitative estimate of drug-likeness (QED) is 0.787. The van der Waals surface area contributed by atoms with Gasteiger partial charge in [-0.25, -0.2) is 0 Å². The summed E-state index contributed by atoms with van der Waals surface area (Å²) >= 11 is 0. The van der Waals surface area contributed by atoms with Crippen molar-refractivity contribution in [1.82, 2.24) is 0 Å². The maximum Gasteiger partial charge on any atom is 0.416 e. The fourth-order valence-corrected chi connectivity index (χ4v) is 1.30. The average Bonchev–Trinajstić information content (AvgIpc) is 2.26. The number of aliphatic hydroxyl groups excluding tert-OH is 1. The van der Waals surface area contributed by atoms with E-state index in [2.05, 4.69) is 6.58 Å². The van der Waals surface area contributed by atoms with Crippen molar-refractivity contribution in [3.8, 4) is 0 Å². The summed E-state index contributed by atoms with van der Waals surface area (Å²) < 4.78 is 36.8. The minimum Gasteiger partial charge on any atom is -0.388 e. The number of benzene rings is 1. The lowest BCUT2D eigenvalue weighted by Gasteiger charge is -2.16. The van der Waals surface area contributed by atoms with Crippen LogP contribution in [0.2, 0.25) is 0 Å². The van der Waals surface area contributed by atoms with Gasteiger partial charge >= 0.3 is 6.18 Å². The van der Waals surface area contributed by atoms with Crippen LogP contribution in [0.5, 0.6) is 0 Å². The lowest BCUT2D eigenvalue weighted by Crippen LogP contribution is -2.08. The Morgan fingerprint density at radius 1 is 1.25 bits per heavy atom. The third kappa shape index (κ3) is 2.85. The predicted molar refractivity (Wildman–Crippen MR) is 55.8 cm³/mol. The number of aliphatic hydroxyl groups is 1. The van der Waals surface area contributed by atoms with Crippen LogP contribution in [0.4, 0.5) is 13.2 Å². The molecule has 0 aliphatic heterocycles. The SMILES string of the molecule is C=C[C@@H](C)[C@H](O)c1ccc(C(F)(F)F)cc1. The Hall–Kier alpha value is -1.29. The van der Waals surface area contributed by atoms with E-state index in [4.69, 9.17) is 0 Å². The summed E-state index contributed by atoms with van der Waals surface area (Å²) in [7, 11) is 0. The Morgan fingerprint density at radius 2 is 1.75 bits per heavy atom. The normalized spacial score (nSPS) is 15.6. The van der Waals surface area contributed by atoms with Gasteiger partial charge in [0.25, 0.3) is 0 Å². The van der Waals surface area contributed by atoms with Gasteiger partial charge in [-0.1, -0.05) is 25.1 Å². The molecule has 4 heteroatoms. The van der Waals surface area contributed by atoms with Gasteiger partial charge < -0.3 is 5.11 Å². The van der Waals surface area contributed by atoms with E-state index in [9.17, 15) is 18.3 Å². The molecule has 0 aliphatic carbocycles. The molecule has 0 heterocycles. The molecule has 88 valence electrons. The molecule has 1 rings (SSSR count). The van der Waals surface area contributed by atoms with E-state index in [0.29, 0.717) is 5.56 Å². The zero-order chi connectivity index (χ0) is 12.3. The standard InChI is InChI=1S/C12H13F3O/c1-3-8(2)11(16)9-4-6-10(7-5-9)12(13,14)15/h3-8,11,16H,1H2,2H3/t8-,11+/m1/s1. The minimum absolute atomic E-state index is 0.197. The van der Waals surface area contributed by atoms with E-state index < -0.39 is 17.8 Å². The number of hydrogen-bond donors (Lipinski definition) is 1. The highest BCUT2D eigenvalue weighted by atomic mass is 19.4. The van der Waals surface area contributed by atoms with Gasteiger partial charge in [-0.05, 0) is 17.7 Å². The molecule has 0 amide bonds. The van der Waals surface area contributed by atoms with Gasteiger partial charge in [0, 0.05) is 5.92 Å². The van der Waals surface area contributed by atoms with Crippen LogP contribution in [0.25, 0.3) is 0 Å². The van der Waals surface area contributed by atoms with E-state index in [1.165, 1.54) is 12.1 Å². The maximum atomic E-state index is 12.3. The summed E-state index contributed by atoms with van der Waals surface area (Å²) in [4.78, 5) is 0. The molecule has 1 N–H and O–H groups in total. The lowest BCUT2D eigenvalue weighted by molar-refractivity contribution is -0.137. The Balaban J connectivity index is 2.91. The molecule has 1 aromatic carbocycles. The van der Waals surface area contributed by atoms with Gasteiger partial charge in [0.1, 0.15) is 0 Å². The van der Waals surface area contributed by atoms with Crippen LogP contribution in [-0.4, -0.2) is 5.11 Å². The molecule has 0 bridgehead atoms. The van der Waals surface area contributed by atoms with Crippen molar-refractivity contribution in [2.45, 2.75) is 19.2 Å². The highest BCUT2D eigenvalue weighted by Crippen LogP contribution is 2.31. The van der Waals surface area contributed by atoms with E-state index in [1.807, 2.05) is 0 Å². The van der Waals surface area contributed by atoms with E-state index >= 15 is 0 Å². The second-order valence-electron chi connectivity index (χ2n) is 3.66. The molecule has 0 radical (unpaired) electrons. The summed E-state index contributed by atoms with van der Waals surface area (Å²) in [5.41, 5.74) is -0.255. The minimum atomic E-state index is -4.34. The van der Waals surface area contributed by atoms with Gasteiger partial charge in [-0.3, -0.25) is 0 Å². The Kier molecular flexibility index (Phi) is 3.75. The predicted octanol–water partition coefficient (Wildman–Crippen LogP) is 3.56. The molecule has 0 saturated heterocycles. The number of alkyl halides is 3. The topological polar surface area (TPSA) is 20.2 Å². The monoisotopic (exact) mass is 230 g/mol. The molecule has 0 spiro atoms. The van der Waals surface area contributed by atoms with Crippen LogP contribution < -0.4 is 0 Å². The van der Waals surface area contributed by atoms with Gasteiger partial charge in [-0.15, -0.1) is 6.58 Å². The molecule has 2 atom stereocenters. The first-order valence-corrected chi connectivity index (χ1v) is 4.84. The van der Waals surface area contributed by atoms with Crippen LogP contribution in [0.3, 0.4) is 0 Å². The first-order chi connectivity index (χ1) is 7.36. The van der Waals surface area contributed by atoms with Crippen molar-refractivity contribution in [1.29, 1.82) is 0 Å². The van der Waals surface area contributed by atoms with E-state index in [-0.39, 0.29) is 5.92 Å². The van der Waals surface area contributed by atoms with Crippen molar-refractivity contribution in [3.63, 3.8) is 0 Å². The molecule has 0 aliphatic rings. The first-order valence-electron chi connectivity index (χ1n) is 4.84. The molecule has 16 heavy (non-hydrogen) atoms. The molecule has 0 saturated carbocycles. The summed E-state index contributed by atoms with van der Waals surface area (Å²) in [5.74, 6) is -0.197. The fraction of sp³-hybridized carbons (Fsp3) is 0.333. The molecule has 1 nitrogen and oxygen atoms in total. The Morgan fingerprint density at radius 3 is 2.12 bits per heavy atom. The van der Waals surface area contributed by atoms with Crippen LogP contribution >= 0.6 is 0 Å². The van der Waals surface area contributed by atoms with Crippen LogP contribution in [0.15, 0.2) is 36.9 Å². The third-order valence-corrected chi connectivity index (χ3v) is 2.45. The molecule has 0 fully saturated rings. The number of halogens is 3. The zero-order valence-corrected chi connectivity index (χ0v) is 8.83. The molecule has 0 unspecified atom stereocenters. The zero-order valence-electron chi connectivity index (χ0n) is 8.83.